The molecule has 2 aromatic carbocycles. The van der Waals surface area contributed by atoms with E-state index in [2.05, 4.69) is 5.32 Å². The van der Waals surface area contributed by atoms with Gasteiger partial charge in [-0.2, -0.15) is 0 Å². The van der Waals surface area contributed by atoms with Gasteiger partial charge < -0.3 is 9.64 Å². The van der Waals surface area contributed by atoms with Crippen LogP contribution in [0.2, 0.25) is 5.02 Å². The van der Waals surface area contributed by atoms with Gasteiger partial charge in [0.25, 0.3) is 17.0 Å². The molecule has 0 bridgehead atoms. The number of carbonyl (C=O) groups is 2. The molecule has 9 heteroatoms. The van der Waals surface area contributed by atoms with Gasteiger partial charge in [-0.15, -0.1) is 0 Å². The van der Waals surface area contributed by atoms with Gasteiger partial charge in [0.15, 0.2) is 5.11 Å². The highest BCUT2D eigenvalue weighted by molar-refractivity contribution is 7.80. The molecule has 3 rings (SSSR count). The highest BCUT2D eigenvalue weighted by Crippen LogP contribution is 2.24. The Morgan fingerprint density at radius 1 is 1.10 bits per heavy atom. The molecule has 0 aromatic heterocycles. The molecule has 2 amide bonds. The number of rotatable bonds is 3. The fraction of sp³-hybridized carbons (Fsp3) is 0.100. The molecule has 1 N–H and O–H groups in total. The molecule has 6 nitrogen and oxygen atoms in total. The third-order valence-corrected chi connectivity index (χ3v) is 4.93. The zero-order valence-corrected chi connectivity index (χ0v) is 17.9. The number of carbonyl (C=O) groups excluding carboxylic acids is 2. The fourth-order valence-corrected chi connectivity index (χ4v) is 2.98. The molecule has 1 aliphatic rings. The monoisotopic (exact) mass is 445 g/mol. The van der Waals surface area contributed by atoms with Crippen molar-refractivity contribution in [2.45, 2.75) is 0 Å². The lowest BCUT2D eigenvalue weighted by Crippen LogP contribution is -2.54. The van der Waals surface area contributed by atoms with Crippen LogP contribution in [-0.4, -0.2) is 41.1 Å². The van der Waals surface area contributed by atoms with Crippen molar-refractivity contribution in [1.82, 2.24) is 10.2 Å². The predicted molar refractivity (Wildman–Crippen MR) is 121 cm³/mol. The number of benzene rings is 2. The van der Waals surface area contributed by atoms with E-state index in [4.69, 9.17) is 40.8 Å². The third kappa shape index (κ3) is 4.79. The average Bonchev–Trinajstić information content (AvgIpc) is 2.67. The van der Waals surface area contributed by atoms with Crippen molar-refractivity contribution in [2.24, 2.45) is 0 Å². The number of thiocarbonyl (C=S) groups is 2. The first-order chi connectivity index (χ1) is 13.8. The second kappa shape index (κ2) is 8.69. The Morgan fingerprint density at radius 2 is 1.72 bits per heavy atom. The van der Waals surface area contributed by atoms with Gasteiger partial charge in [-0.25, -0.2) is 0 Å². The number of nitrogens with one attached hydrogen (secondary N) is 1. The fourth-order valence-electron chi connectivity index (χ4n) is 2.47. The number of ether oxygens (including phenoxy) is 1. The van der Waals surface area contributed by atoms with Gasteiger partial charge >= 0.3 is 0 Å². The third-order valence-electron chi connectivity index (χ3n) is 3.95. The van der Waals surface area contributed by atoms with E-state index < -0.39 is 11.8 Å². The number of amides is 2. The molecule has 0 atom stereocenters. The molecule has 0 saturated carbocycles. The maximum Gasteiger partial charge on any atom is 0.270 e. The molecule has 1 saturated heterocycles. The standard InChI is InChI=1S/C20H16ClN3O3S2/c1-23(2)20(29)27-15-9-3-12(4-10-15)11-16-17(25)22-19(28)24(18(16)26)14-7-5-13(21)6-8-14/h3-11H,1-2H3,(H,22,25,28)/b16-11-. The lowest BCUT2D eigenvalue weighted by Gasteiger charge is -2.28. The minimum Gasteiger partial charge on any atom is -0.432 e. The van der Waals surface area contributed by atoms with Crippen LogP contribution in [0.4, 0.5) is 5.69 Å². The van der Waals surface area contributed by atoms with Crippen LogP contribution in [0.3, 0.4) is 0 Å². The van der Waals surface area contributed by atoms with E-state index in [-0.39, 0.29) is 10.7 Å². The molecule has 0 radical (unpaired) electrons. The lowest BCUT2D eigenvalue weighted by molar-refractivity contribution is -0.122. The zero-order chi connectivity index (χ0) is 21.1. The summed E-state index contributed by atoms with van der Waals surface area (Å²) in [6.07, 6.45) is 1.50. The summed E-state index contributed by atoms with van der Waals surface area (Å²) >= 11 is 16.2. The Kier molecular flexibility index (Phi) is 6.26. The lowest BCUT2D eigenvalue weighted by atomic mass is 10.1. The van der Waals surface area contributed by atoms with Crippen LogP contribution in [-0.2, 0) is 9.59 Å². The van der Waals surface area contributed by atoms with E-state index in [1.165, 1.54) is 11.0 Å². The van der Waals surface area contributed by atoms with E-state index in [9.17, 15) is 9.59 Å². The quantitative estimate of drug-likeness (QED) is 0.444. The topological polar surface area (TPSA) is 61.9 Å². The smallest absolute Gasteiger partial charge is 0.270 e. The molecule has 29 heavy (non-hydrogen) atoms. The van der Waals surface area contributed by atoms with E-state index in [1.54, 1.807) is 67.5 Å². The number of hydrogen-bond acceptors (Lipinski definition) is 5. The van der Waals surface area contributed by atoms with Crippen LogP contribution in [0.1, 0.15) is 5.56 Å². The van der Waals surface area contributed by atoms with E-state index in [1.807, 2.05) is 0 Å². The number of hydrogen-bond donors (Lipinski definition) is 1. The van der Waals surface area contributed by atoms with Gasteiger partial charge in [0, 0.05) is 19.1 Å². The first kappa shape index (κ1) is 20.9. The molecule has 1 fully saturated rings. The molecule has 1 aliphatic heterocycles. The second-order valence-electron chi connectivity index (χ2n) is 6.27. The Hall–Kier alpha value is -2.81. The Balaban J connectivity index is 1.86. The van der Waals surface area contributed by atoms with Crippen LogP contribution in [0, 0.1) is 0 Å². The summed E-state index contributed by atoms with van der Waals surface area (Å²) < 4.78 is 5.52. The van der Waals surface area contributed by atoms with Crippen LogP contribution >= 0.6 is 36.0 Å². The Labute approximate surface area is 183 Å². The van der Waals surface area contributed by atoms with Gasteiger partial charge in [0.1, 0.15) is 11.3 Å². The summed E-state index contributed by atoms with van der Waals surface area (Å²) in [7, 11) is 3.57. The first-order valence-electron chi connectivity index (χ1n) is 8.42. The van der Waals surface area contributed by atoms with Crippen molar-refractivity contribution >= 4 is 69.9 Å². The van der Waals surface area contributed by atoms with Crippen LogP contribution in [0.5, 0.6) is 5.75 Å². The van der Waals surface area contributed by atoms with Crippen molar-refractivity contribution in [3.05, 3.63) is 64.7 Å². The molecule has 2 aromatic rings. The van der Waals surface area contributed by atoms with Crippen LogP contribution < -0.4 is 15.0 Å². The van der Waals surface area contributed by atoms with Gasteiger partial charge in [0.2, 0.25) is 0 Å². The minimum atomic E-state index is -0.556. The second-order valence-corrected chi connectivity index (χ2v) is 7.44. The van der Waals surface area contributed by atoms with Gasteiger partial charge in [-0.3, -0.25) is 19.8 Å². The zero-order valence-electron chi connectivity index (χ0n) is 15.5. The summed E-state index contributed by atoms with van der Waals surface area (Å²) in [4.78, 5) is 28.2. The highest BCUT2D eigenvalue weighted by atomic mass is 35.5. The van der Waals surface area contributed by atoms with E-state index in [0.29, 0.717) is 27.2 Å². The molecule has 0 aliphatic carbocycles. The predicted octanol–water partition coefficient (Wildman–Crippen LogP) is 3.40. The molecular formula is C20H16ClN3O3S2. The SMILES string of the molecule is CN(C)C(=S)Oc1ccc(/C=C2/C(=O)NC(=S)N(c3ccc(Cl)cc3)C2=O)cc1. The average molecular weight is 446 g/mol. The number of anilines is 1. The van der Waals surface area contributed by atoms with Gasteiger partial charge in [0.05, 0.1) is 5.69 Å². The maximum atomic E-state index is 13.0. The van der Waals surface area contributed by atoms with Crippen LogP contribution in [0.25, 0.3) is 6.08 Å². The minimum absolute atomic E-state index is 0.0143. The molecular weight excluding hydrogens is 430 g/mol. The van der Waals surface area contributed by atoms with Gasteiger partial charge in [-0.1, -0.05) is 23.7 Å². The van der Waals surface area contributed by atoms with Crippen molar-refractivity contribution in [3.8, 4) is 5.75 Å². The van der Waals surface area contributed by atoms with Crippen molar-refractivity contribution < 1.29 is 14.3 Å². The summed E-state index contributed by atoms with van der Waals surface area (Å²) in [5.74, 6) is -0.524. The van der Waals surface area contributed by atoms with Crippen LogP contribution in [0.15, 0.2) is 54.1 Å². The Bertz CT molecular complexity index is 1020. The molecule has 148 valence electrons. The van der Waals surface area contributed by atoms with Crippen molar-refractivity contribution in [1.29, 1.82) is 0 Å². The molecule has 0 unspecified atom stereocenters. The molecule has 1 heterocycles. The molecule has 0 spiro atoms. The van der Waals surface area contributed by atoms with Crippen molar-refractivity contribution in [3.63, 3.8) is 0 Å². The number of nitrogens with zero attached hydrogens (tertiary/aromatic N) is 2. The summed E-state index contributed by atoms with van der Waals surface area (Å²) in [6.45, 7) is 0. The first-order valence-corrected chi connectivity index (χ1v) is 9.62. The highest BCUT2D eigenvalue weighted by Gasteiger charge is 2.34. The Morgan fingerprint density at radius 3 is 2.31 bits per heavy atom. The summed E-state index contributed by atoms with van der Waals surface area (Å²) in [6, 6.07) is 13.4. The van der Waals surface area contributed by atoms with E-state index >= 15 is 0 Å². The largest absolute Gasteiger partial charge is 0.432 e. The van der Waals surface area contributed by atoms with Gasteiger partial charge in [-0.05, 0) is 72.5 Å². The van der Waals surface area contributed by atoms with E-state index in [0.717, 1.165) is 0 Å². The maximum absolute atomic E-state index is 13.0. The normalized spacial score (nSPS) is 15.3. The van der Waals surface area contributed by atoms with Crippen molar-refractivity contribution in [2.75, 3.05) is 19.0 Å². The number of halogens is 1. The summed E-state index contributed by atoms with van der Waals surface area (Å²) in [5.41, 5.74) is 1.12. The summed E-state index contributed by atoms with van der Waals surface area (Å²) in [5, 5.41) is 3.41.